The summed E-state index contributed by atoms with van der Waals surface area (Å²) in [6.07, 6.45) is 7.59. The summed E-state index contributed by atoms with van der Waals surface area (Å²) >= 11 is 1.30. The number of hydrogen-bond donors (Lipinski definition) is 1. The molecule has 0 unspecified atom stereocenters. The molecule has 0 atom stereocenters. The van der Waals surface area contributed by atoms with E-state index >= 15 is 0 Å². The molecular weight excluding hydrogens is 268 g/mol. The zero-order valence-electron chi connectivity index (χ0n) is 13.1. The zero-order valence-corrected chi connectivity index (χ0v) is 13.9. The third kappa shape index (κ3) is 6.94. The first-order valence-electron chi connectivity index (χ1n) is 7.31. The molecule has 0 aliphatic carbocycles. The number of aliphatic imine (C=N–C) groups is 1. The minimum absolute atomic E-state index is 0.0503. The fourth-order valence-electron chi connectivity index (χ4n) is 1.99. The van der Waals surface area contributed by atoms with Gasteiger partial charge in [-0.05, 0) is 18.2 Å². The number of thioether (sulfide) groups is 1. The van der Waals surface area contributed by atoms with Gasteiger partial charge in [-0.25, -0.2) is 4.99 Å². The number of hydrogen-bond acceptors (Lipinski definition) is 3. The number of amidine groups is 1. The van der Waals surface area contributed by atoms with Gasteiger partial charge in [-0.15, -0.1) is 0 Å². The van der Waals surface area contributed by atoms with E-state index in [0.717, 1.165) is 38.5 Å². The Bertz CT molecular complexity index is 342. The summed E-state index contributed by atoms with van der Waals surface area (Å²) in [6, 6.07) is 0. The van der Waals surface area contributed by atoms with E-state index < -0.39 is 0 Å². The molecular formula is C16H28N2OS. The van der Waals surface area contributed by atoms with Crippen LogP contribution in [0.4, 0.5) is 0 Å². The fourth-order valence-corrected chi connectivity index (χ4v) is 2.43. The maximum absolute atomic E-state index is 12.6. The molecule has 20 heavy (non-hydrogen) atoms. The van der Waals surface area contributed by atoms with Crippen LogP contribution in [0.1, 0.15) is 59.3 Å². The second kappa shape index (κ2) is 10.7. The number of nitrogens with zero attached hydrogens (tertiary/aromatic N) is 1. The molecule has 0 aliphatic heterocycles. The molecule has 0 heterocycles. The van der Waals surface area contributed by atoms with Crippen LogP contribution in [0.3, 0.4) is 0 Å². The highest BCUT2D eigenvalue weighted by Crippen LogP contribution is 2.31. The molecule has 0 aromatic rings. The van der Waals surface area contributed by atoms with Crippen molar-refractivity contribution < 1.29 is 4.79 Å². The van der Waals surface area contributed by atoms with Gasteiger partial charge < -0.3 is 5.32 Å². The van der Waals surface area contributed by atoms with Crippen LogP contribution >= 0.6 is 11.8 Å². The predicted molar refractivity (Wildman–Crippen MR) is 90.7 cm³/mol. The van der Waals surface area contributed by atoms with Crippen LogP contribution in [0.15, 0.2) is 29.8 Å². The third-order valence-electron chi connectivity index (χ3n) is 3.34. The highest BCUT2D eigenvalue weighted by atomic mass is 32.2. The maximum atomic E-state index is 12.6. The van der Waals surface area contributed by atoms with Crippen LogP contribution in [-0.2, 0) is 4.79 Å². The Morgan fingerprint density at radius 3 is 2.20 bits per heavy atom. The van der Waals surface area contributed by atoms with Gasteiger partial charge >= 0.3 is 0 Å². The van der Waals surface area contributed by atoms with E-state index in [9.17, 15) is 4.79 Å². The average Bonchev–Trinajstić information content (AvgIpc) is 2.43. The molecule has 114 valence electrons. The molecule has 1 amide bonds. The lowest BCUT2D eigenvalue weighted by molar-refractivity contribution is -0.129. The molecule has 4 heteroatoms. The highest BCUT2D eigenvalue weighted by Gasteiger charge is 2.32. The molecule has 0 aromatic carbocycles. The van der Waals surface area contributed by atoms with Gasteiger partial charge in [0.2, 0.25) is 5.91 Å². The Balaban J connectivity index is 4.86. The molecule has 0 aliphatic rings. The van der Waals surface area contributed by atoms with Crippen LogP contribution in [0.25, 0.3) is 0 Å². The summed E-state index contributed by atoms with van der Waals surface area (Å²) in [4.78, 5) is 16.6. The lowest BCUT2D eigenvalue weighted by Gasteiger charge is -2.28. The number of unbranched alkanes of at least 4 members (excludes halogenated alkanes) is 2. The smallest absolute Gasteiger partial charge is 0.231 e. The van der Waals surface area contributed by atoms with Gasteiger partial charge in [-0.2, -0.15) is 0 Å². The van der Waals surface area contributed by atoms with Crippen LogP contribution in [-0.4, -0.2) is 11.1 Å². The first kappa shape index (κ1) is 19.0. The van der Waals surface area contributed by atoms with Gasteiger partial charge in [0.15, 0.2) is 5.17 Å². The van der Waals surface area contributed by atoms with Crippen molar-refractivity contribution in [3.8, 4) is 0 Å². The topological polar surface area (TPSA) is 41.5 Å². The van der Waals surface area contributed by atoms with E-state index in [-0.39, 0.29) is 11.3 Å². The van der Waals surface area contributed by atoms with E-state index in [2.05, 4.69) is 44.2 Å². The number of carbonyl (C=O) groups excluding carboxylic acids is 1. The molecule has 0 spiro atoms. The number of amides is 1. The molecule has 0 aromatic heterocycles. The molecule has 1 N–H and O–H groups in total. The zero-order chi connectivity index (χ0) is 15.4. The summed E-state index contributed by atoms with van der Waals surface area (Å²) in [6.45, 7) is 13.6. The van der Waals surface area contributed by atoms with Crippen LogP contribution < -0.4 is 5.32 Å². The van der Waals surface area contributed by atoms with Gasteiger partial charge in [0.05, 0.1) is 0 Å². The normalized spacial score (nSPS) is 12.1. The van der Waals surface area contributed by atoms with E-state index in [1.54, 1.807) is 5.41 Å². The monoisotopic (exact) mass is 296 g/mol. The van der Waals surface area contributed by atoms with Gasteiger partial charge in [0, 0.05) is 11.6 Å². The second-order valence-electron chi connectivity index (χ2n) is 5.12. The molecule has 0 fully saturated rings. The minimum Gasteiger partial charge on any atom is -0.304 e. The van der Waals surface area contributed by atoms with E-state index in [1.165, 1.54) is 18.0 Å². The highest BCUT2D eigenvalue weighted by molar-refractivity contribution is 8.16. The average molecular weight is 296 g/mol. The van der Waals surface area contributed by atoms with Crippen molar-refractivity contribution in [2.45, 2.75) is 59.3 Å². The Morgan fingerprint density at radius 2 is 1.80 bits per heavy atom. The quantitative estimate of drug-likeness (QED) is 0.487. The summed E-state index contributed by atoms with van der Waals surface area (Å²) in [5.74, 6) is 0.0503. The Labute approximate surface area is 128 Å². The molecule has 0 rings (SSSR count). The standard InChI is InChI=1S/C16H28N2OS/c1-6-10-12-16(5,13-11-7-2)14(19)18-15(17-8-3)20-9-4/h8-9H,3-4,6-7,10-13H2,1-2,5H3,(H,17,18,19). The predicted octanol–water partition coefficient (Wildman–Crippen LogP) is 4.87. The van der Waals surface area contributed by atoms with Gasteiger partial charge in [0.25, 0.3) is 0 Å². The first-order chi connectivity index (χ1) is 9.53. The maximum Gasteiger partial charge on any atom is 0.231 e. The Morgan fingerprint density at radius 1 is 1.25 bits per heavy atom. The summed E-state index contributed by atoms with van der Waals surface area (Å²) < 4.78 is 0. The van der Waals surface area contributed by atoms with E-state index in [4.69, 9.17) is 0 Å². The molecule has 3 nitrogen and oxygen atoms in total. The molecule has 0 radical (unpaired) electrons. The number of carbonyl (C=O) groups is 1. The Hall–Kier alpha value is -1.03. The van der Waals surface area contributed by atoms with Crippen molar-refractivity contribution in [2.24, 2.45) is 10.4 Å². The van der Waals surface area contributed by atoms with E-state index in [1.807, 2.05) is 0 Å². The lowest BCUT2D eigenvalue weighted by Crippen LogP contribution is -2.41. The lowest BCUT2D eigenvalue weighted by atomic mass is 9.79. The van der Waals surface area contributed by atoms with Crippen LogP contribution in [0.5, 0.6) is 0 Å². The summed E-state index contributed by atoms with van der Waals surface area (Å²) in [5, 5.41) is 5.10. The summed E-state index contributed by atoms with van der Waals surface area (Å²) in [5.41, 5.74) is -0.324. The second-order valence-corrected chi connectivity index (χ2v) is 6.08. The van der Waals surface area contributed by atoms with Gasteiger partial charge in [0.1, 0.15) is 0 Å². The Kier molecular flexibility index (Phi) is 10.2. The third-order valence-corrected chi connectivity index (χ3v) is 3.93. The van der Waals surface area contributed by atoms with Crippen molar-refractivity contribution in [1.82, 2.24) is 5.32 Å². The van der Waals surface area contributed by atoms with Crippen molar-refractivity contribution >= 4 is 22.8 Å². The van der Waals surface area contributed by atoms with Crippen molar-refractivity contribution in [1.29, 1.82) is 0 Å². The SMILES string of the molecule is C=C/N=C(/NC(=O)C(C)(CCCC)CCCC)SC=C. The number of rotatable bonds is 9. The van der Waals surface area contributed by atoms with Crippen molar-refractivity contribution in [3.63, 3.8) is 0 Å². The van der Waals surface area contributed by atoms with E-state index in [0.29, 0.717) is 5.17 Å². The summed E-state index contributed by atoms with van der Waals surface area (Å²) in [7, 11) is 0. The number of nitrogens with one attached hydrogen (secondary N) is 1. The minimum atomic E-state index is -0.324. The van der Waals surface area contributed by atoms with Gasteiger partial charge in [-0.3, -0.25) is 4.79 Å². The largest absolute Gasteiger partial charge is 0.304 e. The van der Waals surface area contributed by atoms with Crippen molar-refractivity contribution in [2.75, 3.05) is 0 Å². The molecule has 0 saturated heterocycles. The van der Waals surface area contributed by atoms with Crippen molar-refractivity contribution in [3.05, 3.63) is 24.8 Å². The first-order valence-corrected chi connectivity index (χ1v) is 8.19. The fraction of sp³-hybridized carbons (Fsp3) is 0.625. The molecule has 0 saturated carbocycles. The van der Waals surface area contributed by atoms with Crippen LogP contribution in [0, 0.1) is 5.41 Å². The molecule has 0 bridgehead atoms. The van der Waals surface area contributed by atoms with Crippen LogP contribution in [0.2, 0.25) is 0 Å². The van der Waals surface area contributed by atoms with Gasteiger partial charge in [-0.1, -0.05) is 71.4 Å².